The Morgan fingerprint density at radius 1 is 1.05 bits per heavy atom. The fourth-order valence-corrected chi connectivity index (χ4v) is 2.38. The molecule has 3 aromatic rings. The molecule has 0 aliphatic rings. The van der Waals surface area contributed by atoms with Gasteiger partial charge in [-0.25, -0.2) is 4.68 Å². The van der Waals surface area contributed by atoms with Gasteiger partial charge >= 0.3 is 0 Å². The van der Waals surface area contributed by atoms with Gasteiger partial charge in [0.1, 0.15) is 0 Å². The number of rotatable bonds is 3. The minimum atomic E-state index is -0.148. The van der Waals surface area contributed by atoms with Crippen LogP contribution in [-0.2, 0) is 0 Å². The van der Waals surface area contributed by atoms with Gasteiger partial charge in [-0.1, -0.05) is 30.3 Å². The van der Waals surface area contributed by atoms with E-state index in [0.29, 0.717) is 5.56 Å². The smallest absolute Gasteiger partial charge is 0.259 e. The Morgan fingerprint density at radius 2 is 1.82 bits per heavy atom. The van der Waals surface area contributed by atoms with E-state index in [2.05, 4.69) is 10.4 Å². The predicted octanol–water partition coefficient (Wildman–Crippen LogP) is 3.74. The number of hydrogen-bond acceptors (Lipinski definition) is 2. The summed E-state index contributed by atoms with van der Waals surface area (Å²) < 4.78 is 1.77. The maximum Gasteiger partial charge on any atom is 0.259 e. The number of nitrogens with one attached hydrogen (secondary N) is 1. The van der Waals surface area contributed by atoms with Crippen LogP contribution in [0.2, 0.25) is 0 Å². The van der Waals surface area contributed by atoms with Crippen molar-refractivity contribution in [2.24, 2.45) is 0 Å². The summed E-state index contributed by atoms with van der Waals surface area (Å²) in [7, 11) is 0. The van der Waals surface area contributed by atoms with Gasteiger partial charge in [-0.05, 0) is 43.7 Å². The van der Waals surface area contributed by atoms with Crippen LogP contribution >= 0.6 is 0 Å². The molecular weight excluding hydrogens is 274 g/mol. The van der Waals surface area contributed by atoms with Crippen LogP contribution in [0.3, 0.4) is 0 Å². The summed E-state index contributed by atoms with van der Waals surface area (Å²) in [6.45, 7) is 3.89. The zero-order chi connectivity index (χ0) is 15.5. The molecule has 1 N–H and O–H groups in total. The third-order valence-electron chi connectivity index (χ3n) is 3.53. The predicted molar refractivity (Wildman–Crippen MR) is 87.4 cm³/mol. The van der Waals surface area contributed by atoms with E-state index in [0.717, 1.165) is 22.6 Å². The van der Waals surface area contributed by atoms with Crippen molar-refractivity contribution < 1.29 is 4.79 Å². The minimum Gasteiger partial charge on any atom is -0.322 e. The third-order valence-corrected chi connectivity index (χ3v) is 3.53. The SMILES string of the molecule is Cc1cccc(NC(=O)c2cnn(-c3ccccc3)c2C)c1. The lowest BCUT2D eigenvalue weighted by Crippen LogP contribution is -2.13. The van der Waals surface area contributed by atoms with Gasteiger partial charge < -0.3 is 5.32 Å². The monoisotopic (exact) mass is 291 g/mol. The maximum atomic E-state index is 12.4. The maximum absolute atomic E-state index is 12.4. The molecule has 0 fully saturated rings. The Bertz CT molecular complexity index is 806. The van der Waals surface area contributed by atoms with Crippen LogP contribution in [0.4, 0.5) is 5.69 Å². The lowest BCUT2D eigenvalue weighted by molar-refractivity contribution is 0.102. The zero-order valence-corrected chi connectivity index (χ0v) is 12.6. The molecule has 22 heavy (non-hydrogen) atoms. The van der Waals surface area contributed by atoms with Crippen molar-refractivity contribution in [1.82, 2.24) is 9.78 Å². The van der Waals surface area contributed by atoms with Crippen LogP contribution in [0.15, 0.2) is 60.8 Å². The van der Waals surface area contributed by atoms with E-state index in [1.54, 1.807) is 10.9 Å². The lowest BCUT2D eigenvalue weighted by Gasteiger charge is -2.07. The van der Waals surface area contributed by atoms with Crippen molar-refractivity contribution in [2.75, 3.05) is 5.32 Å². The molecule has 1 amide bonds. The van der Waals surface area contributed by atoms with Crippen LogP contribution in [0.5, 0.6) is 0 Å². The van der Waals surface area contributed by atoms with Crippen molar-refractivity contribution >= 4 is 11.6 Å². The molecule has 0 saturated carbocycles. The summed E-state index contributed by atoms with van der Waals surface area (Å²) in [6.07, 6.45) is 1.60. The number of hydrogen-bond donors (Lipinski definition) is 1. The van der Waals surface area contributed by atoms with E-state index in [-0.39, 0.29) is 5.91 Å². The normalized spacial score (nSPS) is 10.5. The van der Waals surface area contributed by atoms with Gasteiger partial charge in [0.15, 0.2) is 0 Å². The number of benzene rings is 2. The second-order valence-corrected chi connectivity index (χ2v) is 5.21. The van der Waals surface area contributed by atoms with Crippen LogP contribution in [0.1, 0.15) is 21.6 Å². The van der Waals surface area contributed by atoms with E-state index in [4.69, 9.17) is 0 Å². The number of nitrogens with zero attached hydrogens (tertiary/aromatic N) is 2. The summed E-state index contributed by atoms with van der Waals surface area (Å²) in [5, 5.41) is 7.23. The van der Waals surface area contributed by atoms with Crippen molar-refractivity contribution in [2.45, 2.75) is 13.8 Å². The standard InChI is InChI=1S/C18H17N3O/c1-13-7-6-8-15(11-13)20-18(22)17-12-19-21(14(17)2)16-9-4-3-5-10-16/h3-12H,1-2H3,(H,20,22). The number of carbonyl (C=O) groups excluding carboxylic acids is 1. The fourth-order valence-electron chi connectivity index (χ4n) is 2.38. The topological polar surface area (TPSA) is 46.9 Å². The molecule has 4 heteroatoms. The Morgan fingerprint density at radius 3 is 2.55 bits per heavy atom. The highest BCUT2D eigenvalue weighted by molar-refractivity contribution is 6.05. The zero-order valence-electron chi connectivity index (χ0n) is 12.6. The first-order chi connectivity index (χ1) is 10.6. The molecular formula is C18H17N3O. The number of amides is 1. The Kier molecular flexibility index (Phi) is 3.74. The molecule has 0 bridgehead atoms. The summed E-state index contributed by atoms with van der Waals surface area (Å²) in [5.74, 6) is -0.148. The molecule has 0 unspecified atom stereocenters. The molecule has 0 aliphatic carbocycles. The van der Waals surface area contributed by atoms with E-state index < -0.39 is 0 Å². The van der Waals surface area contributed by atoms with Crippen molar-refractivity contribution in [1.29, 1.82) is 0 Å². The van der Waals surface area contributed by atoms with Crippen LogP contribution in [0, 0.1) is 13.8 Å². The van der Waals surface area contributed by atoms with E-state index in [9.17, 15) is 4.79 Å². The summed E-state index contributed by atoms with van der Waals surface area (Å²) in [4.78, 5) is 12.4. The second-order valence-electron chi connectivity index (χ2n) is 5.21. The van der Waals surface area contributed by atoms with Gasteiger partial charge in [0.25, 0.3) is 5.91 Å². The number of para-hydroxylation sites is 1. The quantitative estimate of drug-likeness (QED) is 0.799. The molecule has 0 atom stereocenters. The third kappa shape index (κ3) is 2.76. The first kappa shape index (κ1) is 14.1. The molecule has 0 radical (unpaired) electrons. The molecule has 4 nitrogen and oxygen atoms in total. The number of carbonyl (C=O) groups is 1. The molecule has 0 spiro atoms. The second kappa shape index (κ2) is 5.85. The Balaban J connectivity index is 1.87. The Hall–Kier alpha value is -2.88. The molecule has 3 rings (SSSR count). The number of aromatic nitrogens is 2. The average molecular weight is 291 g/mol. The van der Waals surface area contributed by atoms with E-state index in [1.165, 1.54) is 0 Å². The summed E-state index contributed by atoms with van der Waals surface area (Å²) in [5.41, 5.74) is 4.22. The highest BCUT2D eigenvalue weighted by atomic mass is 16.1. The first-order valence-corrected chi connectivity index (χ1v) is 7.13. The minimum absolute atomic E-state index is 0.148. The molecule has 0 saturated heterocycles. The number of anilines is 1. The van der Waals surface area contributed by atoms with Crippen LogP contribution < -0.4 is 5.32 Å². The lowest BCUT2D eigenvalue weighted by atomic mass is 10.2. The van der Waals surface area contributed by atoms with Gasteiger partial charge in [-0.15, -0.1) is 0 Å². The van der Waals surface area contributed by atoms with Gasteiger partial charge in [0, 0.05) is 5.69 Å². The molecule has 0 aliphatic heterocycles. The van der Waals surface area contributed by atoms with E-state index >= 15 is 0 Å². The van der Waals surface area contributed by atoms with Crippen LogP contribution in [-0.4, -0.2) is 15.7 Å². The van der Waals surface area contributed by atoms with E-state index in [1.807, 2.05) is 68.4 Å². The van der Waals surface area contributed by atoms with Gasteiger partial charge in [0.05, 0.1) is 23.1 Å². The Labute approximate surface area is 129 Å². The van der Waals surface area contributed by atoms with Gasteiger partial charge in [0.2, 0.25) is 0 Å². The summed E-state index contributed by atoms with van der Waals surface area (Å²) in [6, 6.07) is 17.5. The van der Waals surface area contributed by atoms with Crippen molar-refractivity contribution in [3.63, 3.8) is 0 Å². The highest BCUT2D eigenvalue weighted by Gasteiger charge is 2.15. The van der Waals surface area contributed by atoms with Gasteiger partial charge in [-0.2, -0.15) is 5.10 Å². The largest absolute Gasteiger partial charge is 0.322 e. The summed E-state index contributed by atoms with van der Waals surface area (Å²) >= 11 is 0. The fraction of sp³-hybridized carbons (Fsp3) is 0.111. The van der Waals surface area contributed by atoms with Crippen LogP contribution in [0.25, 0.3) is 5.69 Å². The molecule has 1 heterocycles. The molecule has 1 aromatic heterocycles. The number of aryl methyl sites for hydroxylation is 1. The van der Waals surface area contributed by atoms with Crippen molar-refractivity contribution in [3.8, 4) is 5.69 Å². The molecule has 2 aromatic carbocycles. The average Bonchev–Trinajstić information content (AvgIpc) is 2.90. The first-order valence-electron chi connectivity index (χ1n) is 7.13. The highest BCUT2D eigenvalue weighted by Crippen LogP contribution is 2.16. The van der Waals surface area contributed by atoms with Crippen molar-refractivity contribution in [3.05, 3.63) is 77.6 Å². The van der Waals surface area contributed by atoms with Gasteiger partial charge in [-0.3, -0.25) is 4.79 Å². The molecule has 110 valence electrons.